The van der Waals surface area contributed by atoms with Crippen LogP contribution in [0.5, 0.6) is 0 Å². The highest BCUT2D eigenvalue weighted by atomic mass is 32.1. The highest BCUT2D eigenvalue weighted by Crippen LogP contribution is 2.44. The van der Waals surface area contributed by atoms with Crippen molar-refractivity contribution < 1.29 is 14.0 Å². The number of amides is 1. The Balaban J connectivity index is 1.54. The van der Waals surface area contributed by atoms with E-state index < -0.39 is 6.04 Å². The fourth-order valence-corrected chi connectivity index (χ4v) is 4.97. The van der Waals surface area contributed by atoms with Crippen molar-refractivity contribution in [1.29, 1.82) is 0 Å². The Morgan fingerprint density at radius 1 is 1.16 bits per heavy atom. The maximum absolute atomic E-state index is 13.1. The van der Waals surface area contributed by atoms with Gasteiger partial charge in [-0.2, -0.15) is 0 Å². The number of furan rings is 1. The molecule has 5 rings (SSSR count). The molecule has 2 aliphatic rings. The van der Waals surface area contributed by atoms with Crippen molar-refractivity contribution in [3.63, 3.8) is 0 Å². The molecule has 1 amide bonds. The zero-order valence-electron chi connectivity index (χ0n) is 17.0. The Kier molecular flexibility index (Phi) is 5.34. The number of Topliss-reactive ketones (excluding diaryl/α,β-unsaturated/α-hetero) is 1. The van der Waals surface area contributed by atoms with Crippen LogP contribution in [0.4, 0.5) is 11.4 Å². The molecule has 0 saturated heterocycles. The third kappa shape index (κ3) is 3.88. The molecular weight excluding hydrogens is 410 g/mol. The molecule has 3 heterocycles. The quantitative estimate of drug-likeness (QED) is 0.613. The summed E-state index contributed by atoms with van der Waals surface area (Å²) in [5.41, 5.74) is 3.39. The largest absolute Gasteiger partial charge is 0.467 e. The summed E-state index contributed by atoms with van der Waals surface area (Å²) in [7, 11) is 0. The summed E-state index contributed by atoms with van der Waals surface area (Å²) in [6.45, 7) is 0.599. The molecule has 0 fully saturated rings. The van der Waals surface area contributed by atoms with Crippen LogP contribution >= 0.6 is 11.3 Å². The molecule has 1 aromatic carbocycles. The van der Waals surface area contributed by atoms with Crippen molar-refractivity contribution in [1.82, 2.24) is 5.32 Å². The van der Waals surface area contributed by atoms with Gasteiger partial charge in [-0.3, -0.25) is 9.59 Å². The molecule has 31 heavy (non-hydrogen) atoms. The van der Waals surface area contributed by atoms with Gasteiger partial charge in [-0.25, -0.2) is 0 Å². The number of benzene rings is 1. The van der Waals surface area contributed by atoms with Crippen molar-refractivity contribution in [3.8, 4) is 0 Å². The Bertz CT molecular complexity index is 1120. The molecule has 1 atom stereocenters. The summed E-state index contributed by atoms with van der Waals surface area (Å²) in [4.78, 5) is 29.2. The van der Waals surface area contributed by atoms with Gasteiger partial charge in [0.2, 0.25) is 5.91 Å². The summed E-state index contributed by atoms with van der Waals surface area (Å²) in [6, 6.07) is 15.1. The topological polar surface area (TPSA) is 74.6 Å². The lowest BCUT2D eigenvalue weighted by Gasteiger charge is -2.33. The van der Waals surface area contributed by atoms with E-state index in [9.17, 15) is 9.59 Å². The maximum atomic E-state index is 13.1. The molecule has 0 saturated carbocycles. The van der Waals surface area contributed by atoms with E-state index in [1.165, 1.54) is 0 Å². The van der Waals surface area contributed by atoms with Crippen LogP contribution < -0.4 is 15.5 Å². The average molecular weight is 434 g/mol. The zero-order chi connectivity index (χ0) is 21.2. The molecule has 1 aliphatic carbocycles. The normalized spacial score (nSPS) is 18.1. The predicted molar refractivity (Wildman–Crippen MR) is 121 cm³/mol. The first-order valence-corrected chi connectivity index (χ1v) is 11.3. The van der Waals surface area contributed by atoms with Crippen molar-refractivity contribution in [3.05, 3.63) is 82.1 Å². The molecule has 0 spiro atoms. The first-order valence-electron chi connectivity index (χ1n) is 10.4. The van der Waals surface area contributed by atoms with Gasteiger partial charge in [-0.15, -0.1) is 11.3 Å². The number of fused-ring (bicyclic) bond motifs is 1. The number of carbonyl (C=O) groups excluding carboxylic acids is 2. The first-order chi connectivity index (χ1) is 15.2. The van der Waals surface area contributed by atoms with Crippen LogP contribution in [0.1, 0.15) is 35.9 Å². The van der Waals surface area contributed by atoms with Crippen molar-refractivity contribution in [2.24, 2.45) is 0 Å². The number of anilines is 2. The minimum atomic E-state index is -0.457. The van der Waals surface area contributed by atoms with Crippen LogP contribution in [-0.4, -0.2) is 18.2 Å². The highest BCUT2D eigenvalue weighted by Gasteiger charge is 2.38. The number of nitrogens with one attached hydrogen (secondary N) is 2. The molecule has 0 bridgehead atoms. The lowest BCUT2D eigenvalue weighted by molar-refractivity contribution is -0.120. The summed E-state index contributed by atoms with van der Waals surface area (Å²) in [6.07, 6.45) is 3.73. The molecule has 0 unspecified atom stereocenters. The number of para-hydroxylation sites is 2. The smallest absolute Gasteiger partial charge is 0.239 e. The van der Waals surface area contributed by atoms with Crippen LogP contribution in [0.25, 0.3) is 0 Å². The first kappa shape index (κ1) is 19.6. The number of rotatable bonds is 5. The third-order valence-corrected chi connectivity index (χ3v) is 6.58. The summed E-state index contributed by atoms with van der Waals surface area (Å²) in [5, 5.41) is 8.49. The summed E-state index contributed by atoms with van der Waals surface area (Å²) >= 11 is 1.61. The van der Waals surface area contributed by atoms with E-state index in [0.29, 0.717) is 24.3 Å². The number of hydrogen-bond acceptors (Lipinski definition) is 6. The van der Waals surface area contributed by atoms with Gasteiger partial charge in [0.15, 0.2) is 5.78 Å². The number of thiophene rings is 1. The van der Waals surface area contributed by atoms with E-state index in [1.54, 1.807) is 17.6 Å². The molecule has 6 nitrogen and oxygen atoms in total. The lowest BCUT2D eigenvalue weighted by atomic mass is 9.88. The van der Waals surface area contributed by atoms with E-state index in [1.807, 2.05) is 58.8 Å². The fraction of sp³-hybridized carbons (Fsp3) is 0.250. The minimum Gasteiger partial charge on any atom is -0.467 e. The van der Waals surface area contributed by atoms with Gasteiger partial charge in [0, 0.05) is 22.6 Å². The Morgan fingerprint density at radius 3 is 2.87 bits per heavy atom. The second kappa shape index (κ2) is 8.43. The van der Waals surface area contributed by atoms with Gasteiger partial charge in [0.1, 0.15) is 11.8 Å². The fourth-order valence-electron chi connectivity index (χ4n) is 4.33. The number of hydrogen-bond donors (Lipinski definition) is 2. The third-order valence-electron chi connectivity index (χ3n) is 5.71. The number of allylic oxidation sites excluding steroid dienone is 1. The van der Waals surface area contributed by atoms with E-state index in [4.69, 9.17) is 4.42 Å². The minimum absolute atomic E-state index is 0.104. The maximum Gasteiger partial charge on any atom is 0.239 e. The summed E-state index contributed by atoms with van der Waals surface area (Å²) in [5.74, 6) is 0.659. The summed E-state index contributed by atoms with van der Waals surface area (Å²) < 4.78 is 5.79. The molecule has 2 aromatic heterocycles. The van der Waals surface area contributed by atoms with E-state index in [-0.39, 0.29) is 18.2 Å². The number of carbonyl (C=O) groups is 2. The van der Waals surface area contributed by atoms with Gasteiger partial charge in [-0.05, 0) is 48.6 Å². The van der Waals surface area contributed by atoms with Crippen LogP contribution in [0.15, 0.2) is 75.9 Å². The molecule has 0 radical (unpaired) electrons. The molecule has 7 heteroatoms. The molecule has 1 aliphatic heterocycles. The van der Waals surface area contributed by atoms with Crippen molar-refractivity contribution in [2.45, 2.75) is 31.8 Å². The van der Waals surface area contributed by atoms with Crippen molar-refractivity contribution in [2.75, 3.05) is 16.8 Å². The zero-order valence-corrected chi connectivity index (χ0v) is 17.8. The monoisotopic (exact) mass is 433 g/mol. The standard InChI is InChI=1S/C24H23N3O3S/c28-20-10-3-8-18-23(20)24(21-11-4-12-30-21)27(19-9-2-1-7-17(19)26-18)15-22(29)25-14-16-6-5-13-31-16/h1-2,4-7,9,11-13,24,26H,3,8,10,14-15H2,(H,25,29)/t24-/m0/s1. The van der Waals surface area contributed by atoms with Crippen molar-refractivity contribution >= 4 is 34.4 Å². The number of nitrogens with zero attached hydrogens (tertiary/aromatic N) is 1. The SMILES string of the molecule is O=C(CN1c2ccccc2NC2=C(C(=O)CCC2)[C@@H]1c1ccco1)NCc1cccs1. The molecular formula is C24H23N3O3S. The van der Waals surface area contributed by atoms with Gasteiger partial charge in [-0.1, -0.05) is 18.2 Å². The van der Waals surface area contributed by atoms with E-state index >= 15 is 0 Å². The second-order valence-electron chi connectivity index (χ2n) is 7.71. The van der Waals surface area contributed by atoms with E-state index in [0.717, 1.165) is 34.8 Å². The van der Waals surface area contributed by atoms with Crippen LogP contribution in [0.2, 0.25) is 0 Å². The predicted octanol–water partition coefficient (Wildman–Crippen LogP) is 4.64. The van der Waals surface area contributed by atoms with Crippen LogP contribution in [-0.2, 0) is 16.1 Å². The Hall–Kier alpha value is -3.32. The molecule has 3 aromatic rings. The van der Waals surface area contributed by atoms with Gasteiger partial charge >= 0.3 is 0 Å². The van der Waals surface area contributed by atoms with Crippen LogP contribution in [0, 0.1) is 0 Å². The average Bonchev–Trinajstić information content (AvgIpc) is 3.46. The number of ketones is 1. The highest BCUT2D eigenvalue weighted by molar-refractivity contribution is 7.09. The van der Waals surface area contributed by atoms with Crippen LogP contribution in [0.3, 0.4) is 0 Å². The Morgan fingerprint density at radius 2 is 2.06 bits per heavy atom. The van der Waals surface area contributed by atoms with Gasteiger partial charge < -0.3 is 20.0 Å². The van der Waals surface area contributed by atoms with E-state index in [2.05, 4.69) is 10.6 Å². The van der Waals surface area contributed by atoms with Gasteiger partial charge in [0.25, 0.3) is 0 Å². The second-order valence-corrected chi connectivity index (χ2v) is 8.75. The van der Waals surface area contributed by atoms with Gasteiger partial charge in [0.05, 0.1) is 30.7 Å². The Labute approximate surface area is 184 Å². The molecule has 158 valence electrons. The molecule has 2 N–H and O–H groups in total. The lowest BCUT2D eigenvalue weighted by Crippen LogP contribution is -2.40.